The van der Waals surface area contributed by atoms with Crippen LogP contribution in [0.25, 0.3) is 0 Å². The average Bonchev–Trinajstić information content (AvgIpc) is 2.25. The molecule has 16 heavy (non-hydrogen) atoms. The molecule has 1 saturated heterocycles. The van der Waals surface area contributed by atoms with E-state index in [1.807, 2.05) is 23.6 Å². The van der Waals surface area contributed by atoms with Crippen LogP contribution in [-0.4, -0.2) is 29.1 Å². The van der Waals surface area contributed by atoms with Gasteiger partial charge in [-0.3, -0.25) is 0 Å². The highest BCUT2D eigenvalue weighted by Crippen LogP contribution is 2.26. The second kappa shape index (κ2) is 4.45. The van der Waals surface area contributed by atoms with E-state index in [1.54, 1.807) is 0 Å². The molecule has 88 valence electrons. The van der Waals surface area contributed by atoms with Crippen LogP contribution in [0.15, 0.2) is 6.07 Å². The van der Waals surface area contributed by atoms with Gasteiger partial charge in [0.15, 0.2) is 23.3 Å². The van der Waals surface area contributed by atoms with Gasteiger partial charge in [0, 0.05) is 30.2 Å². The maximum atomic E-state index is 13.6. The van der Waals surface area contributed by atoms with Crippen molar-refractivity contribution in [1.82, 2.24) is 4.98 Å². The van der Waals surface area contributed by atoms with Crippen molar-refractivity contribution in [3.05, 3.63) is 17.7 Å². The molecule has 1 aromatic heterocycles. The van der Waals surface area contributed by atoms with Gasteiger partial charge in [0.2, 0.25) is 0 Å². The molecule has 1 aromatic rings. The molecule has 1 atom stereocenters. The first-order chi connectivity index (χ1) is 7.59. The van der Waals surface area contributed by atoms with Crippen molar-refractivity contribution < 1.29 is 8.78 Å². The molecule has 6 heteroatoms. The third kappa shape index (κ3) is 2.07. The van der Waals surface area contributed by atoms with E-state index in [4.69, 9.17) is 5.73 Å². The Kier molecular flexibility index (Phi) is 3.18. The van der Waals surface area contributed by atoms with Crippen LogP contribution in [0.2, 0.25) is 0 Å². The van der Waals surface area contributed by atoms with Gasteiger partial charge in [-0.15, -0.1) is 0 Å². The Balaban J connectivity index is 2.35. The molecular weight excluding hydrogens is 232 g/mol. The van der Waals surface area contributed by atoms with E-state index in [0.29, 0.717) is 6.54 Å². The highest BCUT2D eigenvalue weighted by molar-refractivity contribution is 7.99. The predicted molar refractivity (Wildman–Crippen MR) is 62.7 cm³/mol. The number of pyridine rings is 1. The highest BCUT2D eigenvalue weighted by atomic mass is 32.2. The van der Waals surface area contributed by atoms with Crippen LogP contribution in [0, 0.1) is 11.6 Å². The van der Waals surface area contributed by atoms with Crippen LogP contribution in [-0.2, 0) is 0 Å². The van der Waals surface area contributed by atoms with Crippen LogP contribution in [0.3, 0.4) is 0 Å². The number of nitrogen functional groups attached to an aromatic ring is 1. The van der Waals surface area contributed by atoms with E-state index >= 15 is 0 Å². The third-order valence-corrected chi connectivity index (χ3v) is 3.77. The molecule has 1 aliphatic rings. The molecule has 2 heterocycles. The smallest absolute Gasteiger partial charge is 0.168 e. The lowest BCUT2D eigenvalue weighted by atomic mass is 10.3. The lowest BCUT2D eigenvalue weighted by molar-refractivity contribution is 0.563. The number of thioether (sulfide) groups is 1. The largest absolute Gasteiger partial charge is 0.381 e. The Bertz CT molecular complexity index is 400. The second-order valence-electron chi connectivity index (χ2n) is 3.78. The van der Waals surface area contributed by atoms with E-state index in [2.05, 4.69) is 4.98 Å². The molecule has 1 unspecified atom stereocenters. The quantitative estimate of drug-likeness (QED) is 0.820. The molecule has 0 bridgehead atoms. The van der Waals surface area contributed by atoms with E-state index in [1.165, 1.54) is 0 Å². The van der Waals surface area contributed by atoms with Crippen LogP contribution in [0.1, 0.15) is 6.92 Å². The summed E-state index contributed by atoms with van der Waals surface area (Å²) in [4.78, 5) is 5.63. The summed E-state index contributed by atoms with van der Waals surface area (Å²) in [5, 5.41) is 0. The molecule has 3 nitrogen and oxygen atoms in total. The van der Waals surface area contributed by atoms with Crippen LogP contribution < -0.4 is 10.6 Å². The van der Waals surface area contributed by atoms with Crippen molar-refractivity contribution in [3.8, 4) is 0 Å². The Morgan fingerprint density at radius 1 is 1.50 bits per heavy atom. The van der Waals surface area contributed by atoms with Crippen LogP contribution in [0.5, 0.6) is 0 Å². The fraction of sp³-hybridized carbons (Fsp3) is 0.500. The Morgan fingerprint density at radius 3 is 2.94 bits per heavy atom. The number of rotatable bonds is 1. The summed E-state index contributed by atoms with van der Waals surface area (Å²) in [5.41, 5.74) is 5.36. The fourth-order valence-corrected chi connectivity index (χ4v) is 2.73. The highest BCUT2D eigenvalue weighted by Gasteiger charge is 2.23. The summed E-state index contributed by atoms with van der Waals surface area (Å²) < 4.78 is 26.6. The minimum Gasteiger partial charge on any atom is -0.381 e. The van der Waals surface area contributed by atoms with Gasteiger partial charge >= 0.3 is 0 Å². The maximum absolute atomic E-state index is 13.6. The minimum absolute atomic E-state index is 0.159. The molecule has 0 saturated carbocycles. The molecule has 0 aromatic carbocycles. The van der Waals surface area contributed by atoms with Gasteiger partial charge in [0.05, 0.1) is 0 Å². The van der Waals surface area contributed by atoms with Crippen molar-refractivity contribution in [2.24, 2.45) is 0 Å². The normalized spacial score (nSPS) is 21.2. The fourth-order valence-electron chi connectivity index (χ4n) is 1.71. The first kappa shape index (κ1) is 11.4. The molecule has 2 rings (SSSR count). The van der Waals surface area contributed by atoms with E-state index in [9.17, 15) is 8.78 Å². The van der Waals surface area contributed by atoms with Crippen molar-refractivity contribution in [1.29, 1.82) is 0 Å². The lowest BCUT2D eigenvalue weighted by Gasteiger charge is -2.34. The van der Waals surface area contributed by atoms with E-state index in [0.717, 1.165) is 17.6 Å². The summed E-state index contributed by atoms with van der Waals surface area (Å²) in [5.74, 6) is 0.292. The molecule has 1 aliphatic heterocycles. The number of hydrogen-bond acceptors (Lipinski definition) is 4. The van der Waals surface area contributed by atoms with Crippen molar-refractivity contribution >= 4 is 23.4 Å². The summed E-state index contributed by atoms with van der Waals surface area (Å²) in [7, 11) is 0. The van der Waals surface area contributed by atoms with Gasteiger partial charge in [0.1, 0.15) is 0 Å². The Labute approximate surface area is 97.0 Å². The van der Waals surface area contributed by atoms with Crippen molar-refractivity contribution in [3.63, 3.8) is 0 Å². The number of aromatic nitrogens is 1. The zero-order valence-electron chi connectivity index (χ0n) is 8.91. The minimum atomic E-state index is -0.805. The number of anilines is 2. The first-order valence-corrected chi connectivity index (χ1v) is 6.21. The van der Waals surface area contributed by atoms with Crippen molar-refractivity contribution in [2.45, 2.75) is 13.0 Å². The molecule has 0 amide bonds. The van der Waals surface area contributed by atoms with Gasteiger partial charge in [-0.1, -0.05) is 0 Å². The zero-order valence-corrected chi connectivity index (χ0v) is 9.73. The summed E-state index contributed by atoms with van der Waals surface area (Å²) >= 11 is 1.82. The SMILES string of the molecule is CC1CSCCN1c1nc(N)c(F)cc1F. The topological polar surface area (TPSA) is 42.2 Å². The summed E-state index contributed by atoms with van der Waals surface area (Å²) in [6.07, 6.45) is 0. The molecule has 0 spiro atoms. The molecule has 1 fully saturated rings. The average molecular weight is 245 g/mol. The molecule has 0 radical (unpaired) electrons. The van der Waals surface area contributed by atoms with Gasteiger partial charge in [-0.25, -0.2) is 13.8 Å². The first-order valence-electron chi connectivity index (χ1n) is 5.05. The third-order valence-electron chi connectivity index (χ3n) is 2.58. The monoisotopic (exact) mass is 245 g/mol. The Morgan fingerprint density at radius 2 is 2.25 bits per heavy atom. The van der Waals surface area contributed by atoms with Gasteiger partial charge in [-0.2, -0.15) is 11.8 Å². The summed E-state index contributed by atoms with van der Waals surface area (Å²) in [6, 6.07) is 0.984. The maximum Gasteiger partial charge on any atom is 0.168 e. The van der Waals surface area contributed by atoms with Gasteiger partial charge < -0.3 is 10.6 Å². The zero-order chi connectivity index (χ0) is 11.7. The standard InChI is InChI=1S/C10H13F2N3S/c1-6-5-16-3-2-15(6)10-8(12)4-7(11)9(13)14-10/h4,6H,2-3,5H2,1H3,(H2,13,14). The van der Waals surface area contributed by atoms with E-state index < -0.39 is 11.6 Å². The number of nitrogens with zero attached hydrogens (tertiary/aromatic N) is 2. The molecular formula is C10H13F2N3S. The van der Waals surface area contributed by atoms with Crippen LogP contribution >= 0.6 is 11.8 Å². The van der Waals surface area contributed by atoms with Gasteiger partial charge in [-0.05, 0) is 6.92 Å². The van der Waals surface area contributed by atoms with Crippen LogP contribution in [0.4, 0.5) is 20.4 Å². The van der Waals surface area contributed by atoms with E-state index in [-0.39, 0.29) is 17.7 Å². The number of hydrogen-bond donors (Lipinski definition) is 1. The Hall–Kier alpha value is -1.04. The van der Waals surface area contributed by atoms with Gasteiger partial charge in [0.25, 0.3) is 0 Å². The molecule has 2 N–H and O–H groups in total. The second-order valence-corrected chi connectivity index (χ2v) is 4.93. The number of nitrogens with two attached hydrogens (primary N) is 1. The van der Waals surface area contributed by atoms with Crippen molar-refractivity contribution in [2.75, 3.05) is 28.7 Å². The summed E-state index contributed by atoms with van der Waals surface area (Å²) in [6.45, 7) is 2.70. The predicted octanol–water partition coefficient (Wildman–Crippen LogP) is 1.88. The number of halogens is 2. The lowest BCUT2D eigenvalue weighted by Crippen LogP contribution is -2.41. The molecule has 0 aliphatic carbocycles.